The highest BCUT2D eigenvalue weighted by atomic mass is 16.1. The molecule has 2 aromatic heterocycles. The van der Waals surface area contributed by atoms with E-state index in [9.17, 15) is 4.79 Å². The lowest BCUT2D eigenvalue weighted by Crippen LogP contribution is -2.12. The number of aromatic nitrogens is 2. The van der Waals surface area contributed by atoms with Crippen LogP contribution in [0, 0.1) is 6.92 Å². The molecule has 26 heavy (non-hydrogen) atoms. The van der Waals surface area contributed by atoms with Gasteiger partial charge in [-0.2, -0.15) is 0 Å². The molecule has 4 heteroatoms. The van der Waals surface area contributed by atoms with Crippen molar-refractivity contribution in [2.75, 3.05) is 0 Å². The Kier molecular flexibility index (Phi) is 3.81. The summed E-state index contributed by atoms with van der Waals surface area (Å²) in [6.07, 6.45) is 2.15. The summed E-state index contributed by atoms with van der Waals surface area (Å²) in [5.41, 5.74) is 12.1. The number of primary amides is 1. The number of hydrogen-bond donors (Lipinski definition) is 1. The second kappa shape index (κ2) is 6.15. The number of hydrogen-bond acceptors (Lipinski definition) is 2. The molecule has 0 aliphatic carbocycles. The van der Waals surface area contributed by atoms with Crippen LogP contribution in [0.15, 0.2) is 66.9 Å². The predicted molar refractivity (Wildman–Crippen MR) is 105 cm³/mol. The highest BCUT2D eigenvalue weighted by Gasteiger charge is 2.11. The Morgan fingerprint density at radius 3 is 2.46 bits per heavy atom. The Morgan fingerprint density at radius 1 is 1.00 bits per heavy atom. The second-order valence-electron chi connectivity index (χ2n) is 6.52. The first-order valence-electron chi connectivity index (χ1n) is 8.46. The van der Waals surface area contributed by atoms with Gasteiger partial charge in [0.25, 0.3) is 5.91 Å². The van der Waals surface area contributed by atoms with E-state index in [0.29, 0.717) is 0 Å². The zero-order chi connectivity index (χ0) is 18.3. The van der Waals surface area contributed by atoms with Gasteiger partial charge < -0.3 is 10.3 Å². The van der Waals surface area contributed by atoms with Crippen molar-refractivity contribution in [3.63, 3.8) is 0 Å². The van der Waals surface area contributed by atoms with E-state index in [4.69, 9.17) is 5.73 Å². The molecule has 0 aliphatic rings. The van der Waals surface area contributed by atoms with Crippen LogP contribution >= 0.6 is 0 Å². The number of rotatable bonds is 3. The summed E-state index contributed by atoms with van der Waals surface area (Å²) in [5, 5.41) is 1.15. The minimum absolute atomic E-state index is 0.273. The normalized spacial score (nSPS) is 11.0. The summed E-state index contributed by atoms with van der Waals surface area (Å²) < 4.78 is 2.13. The van der Waals surface area contributed by atoms with E-state index in [1.807, 2.05) is 19.2 Å². The molecule has 0 fully saturated rings. The summed E-state index contributed by atoms with van der Waals surface area (Å²) in [7, 11) is 2.05. The molecule has 0 radical (unpaired) electrons. The quantitative estimate of drug-likeness (QED) is 0.603. The first kappa shape index (κ1) is 16.1. The monoisotopic (exact) mass is 341 g/mol. The van der Waals surface area contributed by atoms with E-state index in [2.05, 4.69) is 59.1 Å². The van der Waals surface area contributed by atoms with Crippen LogP contribution in [-0.4, -0.2) is 15.5 Å². The molecule has 0 bridgehead atoms. The maximum absolute atomic E-state index is 11.4. The zero-order valence-corrected chi connectivity index (χ0v) is 14.7. The highest BCUT2D eigenvalue weighted by molar-refractivity contribution is 5.98. The zero-order valence-electron chi connectivity index (χ0n) is 14.7. The molecular weight excluding hydrogens is 322 g/mol. The van der Waals surface area contributed by atoms with Crippen molar-refractivity contribution in [2.45, 2.75) is 6.92 Å². The summed E-state index contributed by atoms with van der Waals surface area (Å²) in [4.78, 5) is 15.8. The minimum atomic E-state index is -0.520. The first-order chi connectivity index (χ1) is 12.5. The maximum Gasteiger partial charge on any atom is 0.267 e. The fourth-order valence-electron chi connectivity index (χ4n) is 3.25. The lowest BCUT2D eigenvalue weighted by atomic mass is 10.0. The molecule has 0 unspecified atom stereocenters. The van der Waals surface area contributed by atoms with Gasteiger partial charge in [-0.1, -0.05) is 42.0 Å². The number of benzene rings is 2. The molecule has 0 spiro atoms. The number of amides is 1. The molecule has 0 saturated carbocycles. The van der Waals surface area contributed by atoms with Gasteiger partial charge in [-0.25, -0.2) is 4.98 Å². The molecule has 4 rings (SSSR count). The minimum Gasteiger partial charge on any atom is -0.364 e. The summed E-state index contributed by atoms with van der Waals surface area (Å²) in [6, 6.07) is 20.1. The third kappa shape index (κ3) is 2.75. The first-order valence-corrected chi connectivity index (χ1v) is 8.46. The standard InChI is InChI=1S/C22H19N3O/c1-14-6-8-15(9-7-14)18-13-25(2)21-11-10-16(12-17(18)21)19-4-3-5-20(24-19)22(23)26/h3-13H,1-2H3,(H2,23,26). The van der Waals surface area contributed by atoms with E-state index in [-0.39, 0.29) is 5.69 Å². The van der Waals surface area contributed by atoms with E-state index in [0.717, 1.165) is 22.2 Å². The van der Waals surface area contributed by atoms with Crippen molar-refractivity contribution in [1.29, 1.82) is 0 Å². The van der Waals surface area contributed by atoms with Gasteiger partial charge in [-0.15, -0.1) is 0 Å². The van der Waals surface area contributed by atoms with E-state index >= 15 is 0 Å². The SMILES string of the molecule is Cc1ccc(-c2cn(C)c3ccc(-c4cccc(C(N)=O)n4)cc23)cc1. The van der Waals surface area contributed by atoms with Crippen LogP contribution in [0.5, 0.6) is 0 Å². The van der Waals surface area contributed by atoms with Gasteiger partial charge in [0.2, 0.25) is 0 Å². The Balaban J connectivity index is 1.89. The maximum atomic E-state index is 11.4. The van der Waals surface area contributed by atoms with Gasteiger partial charge >= 0.3 is 0 Å². The second-order valence-corrected chi connectivity index (χ2v) is 6.52. The number of pyridine rings is 1. The fourth-order valence-corrected chi connectivity index (χ4v) is 3.25. The molecular formula is C22H19N3O. The van der Waals surface area contributed by atoms with E-state index < -0.39 is 5.91 Å². The molecule has 2 N–H and O–H groups in total. The Bertz CT molecular complexity index is 1120. The summed E-state index contributed by atoms with van der Waals surface area (Å²) >= 11 is 0. The van der Waals surface area contributed by atoms with Gasteiger partial charge in [-0.05, 0) is 36.8 Å². The van der Waals surface area contributed by atoms with Crippen LogP contribution in [0.4, 0.5) is 0 Å². The molecule has 0 saturated heterocycles. The summed E-state index contributed by atoms with van der Waals surface area (Å²) in [5.74, 6) is -0.520. The third-order valence-electron chi connectivity index (χ3n) is 4.65. The average Bonchev–Trinajstić information content (AvgIpc) is 2.98. The summed E-state index contributed by atoms with van der Waals surface area (Å²) in [6.45, 7) is 2.09. The van der Waals surface area contributed by atoms with Crippen LogP contribution in [-0.2, 0) is 7.05 Å². The van der Waals surface area contributed by atoms with Gasteiger partial charge in [0.1, 0.15) is 5.69 Å². The number of nitrogens with zero attached hydrogens (tertiary/aromatic N) is 2. The van der Waals surface area contributed by atoms with Gasteiger partial charge in [0.05, 0.1) is 5.69 Å². The van der Waals surface area contributed by atoms with Crippen molar-refractivity contribution < 1.29 is 4.79 Å². The van der Waals surface area contributed by atoms with Crippen molar-refractivity contribution in [3.8, 4) is 22.4 Å². The van der Waals surface area contributed by atoms with E-state index in [1.54, 1.807) is 12.1 Å². The van der Waals surface area contributed by atoms with Crippen molar-refractivity contribution in [3.05, 3.63) is 78.1 Å². The van der Waals surface area contributed by atoms with Crippen LogP contribution in [0.2, 0.25) is 0 Å². The largest absolute Gasteiger partial charge is 0.364 e. The predicted octanol–water partition coefficient (Wildman–Crippen LogP) is 4.31. The van der Waals surface area contributed by atoms with Crippen molar-refractivity contribution >= 4 is 16.8 Å². The number of carbonyl (C=O) groups excluding carboxylic acids is 1. The molecule has 2 heterocycles. The Morgan fingerprint density at radius 2 is 1.73 bits per heavy atom. The van der Waals surface area contributed by atoms with Gasteiger partial charge in [0, 0.05) is 35.3 Å². The van der Waals surface area contributed by atoms with Crippen molar-refractivity contribution in [2.24, 2.45) is 12.8 Å². The smallest absolute Gasteiger partial charge is 0.267 e. The van der Waals surface area contributed by atoms with Crippen LogP contribution in [0.25, 0.3) is 33.3 Å². The fraction of sp³-hybridized carbons (Fsp3) is 0.0909. The molecule has 2 aromatic carbocycles. The number of aryl methyl sites for hydroxylation is 2. The number of carbonyl (C=O) groups is 1. The third-order valence-corrected chi connectivity index (χ3v) is 4.65. The molecule has 128 valence electrons. The van der Waals surface area contributed by atoms with E-state index in [1.165, 1.54) is 16.7 Å². The molecule has 4 aromatic rings. The van der Waals surface area contributed by atoms with Gasteiger partial charge in [0.15, 0.2) is 0 Å². The lowest BCUT2D eigenvalue weighted by Gasteiger charge is -2.05. The molecule has 1 amide bonds. The van der Waals surface area contributed by atoms with Gasteiger partial charge in [-0.3, -0.25) is 4.79 Å². The highest BCUT2D eigenvalue weighted by Crippen LogP contribution is 2.33. The number of fused-ring (bicyclic) bond motifs is 1. The molecule has 0 aliphatic heterocycles. The number of nitrogens with two attached hydrogens (primary N) is 1. The average molecular weight is 341 g/mol. The van der Waals surface area contributed by atoms with Crippen LogP contribution in [0.3, 0.4) is 0 Å². The van der Waals surface area contributed by atoms with Crippen molar-refractivity contribution in [1.82, 2.24) is 9.55 Å². The Labute approximate surface area is 151 Å². The molecule has 4 nitrogen and oxygen atoms in total. The van der Waals surface area contributed by atoms with Crippen LogP contribution < -0.4 is 5.73 Å². The Hall–Kier alpha value is -3.40. The topological polar surface area (TPSA) is 60.9 Å². The lowest BCUT2D eigenvalue weighted by molar-refractivity contribution is 0.0995. The molecule has 0 atom stereocenters. The van der Waals surface area contributed by atoms with Crippen LogP contribution in [0.1, 0.15) is 16.1 Å².